The number of benzene rings is 1. The van der Waals surface area contributed by atoms with Crippen LogP contribution in [0.1, 0.15) is 44.2 Å². The maximum atomic E-state index is 14.5. The minimum Gasteiger partial charge on any atom is -0.444 e. The summed E-state index contributed by atoms with van der Waals surface area (Å²) in [5.41, 5.74) is -8.68. The topological polar surface area (TPSA) is 119 Å². The van der Waals surface area contributed by atoms with Crippen molar-refractivity contribution in [3.05, 3.63) is 76.4 Å². The quantitative estimate of drug-likeness (QED) is 0.238. The Morgan fingerprint density at radius 3 is 2.30 bits per heavy atom. The lowest BCUT2D eigenvalue weighted by Crippen LogP contribution is -2.45. The van der Waals surface area contributed by atoms with Crippen molar-refractivity contribution in [2.45, 2.75) is 57.4 Å². The van der Waals surface area contributed by atoms with Gasteiger partial charge in [-0.1, -0.05) is 36.4 Å². The molecule has 0 spiro atoms. The monoisotopic (exact) mass is 574 g/mol. The van der Waals surface area contributed by atoms with E-state index in [1.54, 1.807) is 18.2 Å². The van der Waals surface area contributed by atoms with Crippen LogP contribution < -0.4 is 10.9 Å². The molecular formula is C25H24F6N4O5. The molecule has 0 bridgehead atoms. The van der Waals surface area contributed by atoms with Gasteiger partial charge in [0, 0.05) is 6.42 Å². The Kier molecular flexibility index (Phi) is 8.48. The van der Waals surface area contributed by atoms with Gasteiger partial charge in [0.15, 0.2) is 0 Å². The number of aromatic nitrogens is 3. The predicted molar refractivity (Wildman–Crippen MR) is 129 cm³/mol. The molecule has 2 aromatic heterocycles. The molecule has 15 heteroatoms. The van der Waals surface area contributed by atoms with E-state index in [0.717, 1.165) is 6.08 Å². The van der Waals surface area contributed by atoms with Gasteiger partial charge < -0.3 is 18.9 Å². The lowest BCUT2D eigenvalue weighted by Gasteiger charge is -2.31. The van der Waals surface area contributed by atoms with Gasteiger partial charge in [0.2, 0.25) is 5.60 Å². The average Bonchev–Trinajstić information content (AvgIpc) is 3.31. The third-order valence-electron chi connectivity index (χ3n) is 5.18. The summed E-state index contributed by atoms with van der Waals surface area (Å²) in [6.45, 7) is 7.26. The highest BCUT2D eigenvalue weighted by Crippen LogP contribution is 2.46. The van der Waals surface area contributed by atoms with E-state index in [2.05, 4.69) is 16.8 Å². The molecule has 2 N–H and O–H groups in total. The van der Waals surface area contributed by atoms with Gasteiger partial charge in [-0.25, -0.2) is 4.79 Å². The van der Waals surface area contributed by atoms with E-state index in [1.807, 2.05) is 10.3 Å². The number of rotatable bonds is 8. The number of carbonyl (C=O) groups excluding carboxylic acids is 1. The molecule has 0 aliphatic heterocycles. The molecule has 1 atom stereocenters. The molecule has 216 valence electrons. The molecule has 2 heterocycles. The number of anilines is 1. The van der Waals surface area contributed by atoms with Crippen molar-refractivity contribution in [3.63, 3.8) is 0 Å². The summed E-state index contributed by atoms with van der Waals surface area (Å²) in [6, 6.07) is 8.15. The van der Waals surface area contributed by atoms with E-state index in [9.17, 15) is 35.9 Å². The van der Waals surface area contributed by atoms with Crippen molar-refractivity contribution in [2.24, 2.45) is 0 Å². The van der Waals surface area contributed by atoms with Crippen molar-refractivity contribution in [3.8, 4) is 11.6 Å². The molecule has 0 saturated heterocycles. The SMILES string of the molecule is C=CC[C@@](OCc1ccccc1)(c1nnc(-c2[nH]c(=O)c(C(F)(F)F)cc2NC(=O)OC(C)(C)C)o1)C(F)(F)F. The number of halogens is 6. The van der Waals surface area contributed by atoms with Gasteiger partial charge in [-0.05, 0) is 32.4 Å². The van der Waals surface area contributed by atoms with Crippen LogP contribution in [-0.4, -0.2) is 33.1 Å². The molecule has 0 radical (unpaired) electrons. The number of nitrogens with one attached hydrogen (secondary N) is 2. The van der Waals surface area contributed by atoms with Crippen LogP contribution in [0.5, 0.6) is 0 Å². The fourth-order valence-electron chi connectivity index (χ4n) is 3.42. The number of ether oxygens (including phenoxy) is 2. The molecular weight excluding hydrogens is 550 g/mol. The summed E-state index contributed by atoms with van der Waals surface area (Å²) in [5.74, 6) is -1.96. The van der Waals surface area contributed by atoms with Gasteiger partial charge in [-0.3, -0.25) is 10.1 Å². The van der Waals surface area contributed by atoms with Crippen molar-refractivity contribution in [1.82, 2.24) is 15.2 Å². The molecule has 0 fully saturated rings. The van der Waals surface area contributed by atoms with Crippen molar-refractivity contribution in [2.75, 3.05) is 5.32 Å². The Morgan fingerprint density at radius 1 is 1.10 bits per heavy atom. The minimum absolute atomic E-state index is 0.272. The fraction of sp³-hybridized carbons (Fsp3) is 0.360. The summed E-state index contributed by atoms with van der Waals surface area (Å²) in [7, 11) is 0. The molecule has 3 aromatic rings. The highest BCUT2D eigenvalue weighted by molar-refractivity contribution is 5.89. The lowest BCUT2D eigenvalue weighted by atomic mass is 9.98. The van der Waals surface area contributed by atoms with Crippen LogP contribution in [0, 0.1) is 0 Å². The summed E-state index contributed by atoms with van der Waals surface area (Å²) in [4.78, 5) is 26.4. The van der Waals surface area contributed by atoms with Gasteiger partial charge in [-0.2, -0.15) is 26.3 Å². The Labute approximate surface area is 223 Å². The number of hydrogen-bond acceptors (Lipinski definition) is 7. The Hall–Kier alpha value is -4.14. The Bertz CT molecular complexity index is 1410. The summed E-state index contributed by atoms with van der Waals surface area (Å²) >= 11 is 0. The number of alkyl halides is 6. The minimum atomic E-state index is -5.14. The van der Waals surface area contributed by atoms with Gasteiger partial charge in [0.25, 0.3) is 17.3 Å². The molecule has 0 aliphatic carbocycles. The van der Waals surface area contributed by atoms with E-state index in [4.69, 9.17) is 13.9 Å². The van der Waals surface area contributed by atoms with Crippen LogP contribution in [0.3, 0.4) is 0 Å². The van der Waals surface area contributed by atoms with Gasteiger partial charge in [0.05, 0.1) is 12.3 Å². The van der Waals surface area contributed by atoms with Crippen LogP contribution in [0.25, 0.3) is 11.6 Å². The molecule has 1 amide bonds. The Balaban J connectivity index is 2.13. The van der Waals surface area contributed by atoms with E-state index >= 15 is 0 Å². The van der Waals surface area contributed by atoms with Crippen LogP contribution >= 0.6 is 0 Å². The second-order valence-corrected chi connectivity index (χ2v) is 9.43. The van der Waals surface area contributed by atoms with Crippen LogP contribution in [-0.2, 0) is 27.9 Å². The van der Waals surface area contributed by atoms with E-state index < -0.39 is 77.0 Å². The first-order valence-corrected chi connectivity index (χ1v) is 11.5. The van der Waals surface area contributed by atoms with Gasteiger partial charge in [-0.15, -0.1) is 16.8 Å². The predicted octanol–water partition coefficient (Wildman–Crippen LogP) is 6.34. The van der Waals surface area contributed by atoms with Crippen LogP contribution in [0.4, 0.5) is 36.8 Å². The largest absolute Gasteiger partial charge is 0.444 e. The second-order valence-electron chi connectivity index (χ2n) is 9.43. The van der Waals surface area contributed by atoms with Crippen molar-refractivity contribution >= 4 is 11.8 Å². The maximum absolute atomic E-state index is 14.5. The van der Waals surface area contributed by atoms with Crippen LogP contribution in [0.2, 0.25) is 0 Å². The zero-order chi connectivity index (χ0) is 29.9. The normalized spacial score (nSPS) is 13.9. The summed E-state index contributed by atoms with van der Waals surface area (Å²) < 4.78 is 99.2. The van der Waals surface area contributed by atoms with Crippen LogP contribution in [0.15, 0.2) is 58.3 Å². The molecule has 40 heavy (non-hydrogen) atoms. The number of H-pyrrole nitrogens is 1. The molecule has 3 rings (SSSR count). The van der Waals surface area contributed by atoms with Gasteiger partial charge >= 0.3 is 18.4 Å². The highest BCUT2D eigenvalue weighted by Gasteiger charge is 2.60. The van der Waals surface area contributed by atoms with E-state index in [1.165, 1.54) is 32.9 Å². The zero-order valence-corrected chi connectivity index (χ0v) is 21.4. The second kappa shape index (κ2) is 11.2. The van der Waals surface area contributed by atoms with E-state index in [0.29, 0.717) is 5.56 Å². The standard InChI is InChI=1S/C25H24F6N4O5/c1-5-11-23(25(29,30)31,38-13-14-9-7-6-8-10-14)20-35-34-19(39-20)17-16(32-21(37)40-22(2,3)4)12-15(18(36)33-17)24(26,27)28/h5-10,12H,1,11,13H2,2-4H3,(H,32,37)(H,33,36)/t23-/m1/s1. The first-order chi connectivity index (χ1) is 18.5. The first kappa shape index (κ1) is 30.4. The van der Waals surface area contributed by atoms with Crippen molar-refractivity contribution < 1.29 is 45.0 Å². The number of amides is 1. The number of hydrogen-bond donors (Lipinski definition) is 2. The average molecular weight is 574 g/mol. The maximum Gasteiger partial charge on any atom is 0.426 e. The number of aromatic amines is 1. The van der Waals surface area contributed by atoms with Gasteiger partial charge in [0.1, 0.15) is 16.9 Å². The highest BCUT2D eigenvalue weighted by atomic mass is 19.4. The molecule has 0 unspecified atom stereocenters. The third-order valence-corrected chi connectivity index (χ3v) is 5.18. The first-order valence-electron chi connectivity index (χ1n) is 11.5. The lowest BCUT2D eigenvalue weighted by molar-refractivity contribution is -0.295. The number of nitrogens with zero attached hydrogens (tertiary/aromatic N) is 2. The zero-order valence-electron chi connectivity index (χ0n) is 21.4. The Morgan fingerprint density at radius 2 is 1.75 bits per heavy atom. The smallest absolute Gasteiger partial charge is 0.426 e. The van der Waals surface area contributed by atoms with Crippen molar-refractivity contribution in [1.29, 1.82) is 0 Å². The summed E-state index contributed by atoms with van der Waals surface area (Å²) in [5, 5.41) is 8.98. The molecule has 1 aromatic carbocycles. The molecule has 0 saturated carbocycles. The number of pyridine rings is 1. The third kappa shape index (κ3) is 6.89. The fourth-order valence-corrected chi connectivity index (χ4v) is 3.42. The number of carbonyl (C=O) groups is 1. The molecule has 0 aliphatic rings. The molecule has 9 nitrogen and oxygen atoms in total. The van der Waals surface area contributed by atoms with E-state index in [-0.39, 0.29) is 6.07 Å². The summed E-state index contributed by atoms with van der Waals surface area (Å²) in [6.07, 6.45) is -11.5.